The van der Waals surface area contributed by atoms with E-state index in [-0.39, 0.29) is 17.8 Å². The Morgan fingerprint density at radius 1 is 0.906 bits per heavy atom. The minimum atomic E-state index is -4.60. The molecule has 1 unspecified atom stereocenters. The van der Waals surface area contributed by atoms with Gasteiger partial charge in [0.05, 0.1) is 6.04 Å². The van der Waals surface area contributed by atoms with Crippen LogP contribution in [0.2, 0.25) is 5.02 Å². The van der Waals surface area contributed by atoms with Crippen molar-refractivity contribution >= 4 is 29.0 Å². The number of halogens is 4. The number of benzene rings is 3. The van der Waals surface area contributed by atoms with Crippen LogP contribution >= 0.6 is 11.6 Å². The molecule has 3 aromatic carbocycles. The lowest BCUT2D eigenvalue weighted by atomic mass is 10.2. The van der Waals surface area contributed by atoms with Crippen molar-refractivity contribution in [3.05, 3.63) is 89.4 Å². The predicted octanol–water partition coefficient (Wildman–Crippen LogP) is 7.07. The standard InChI is InChI=1S/C17H17ClN2O.C7H5F3O/c1-12-3-7-16(8-4-12)20-13(2)11-19(17(20)21)15-9-5-14(18)6-10-15;8-7(9,10)11-6-4-2-1-3-5-6/h3-10,13H,11H2,1-2H3;1-5H. The van der Waals surface area contributed by atoms with Gasteiger partial charge in [-0.2, -0.15) is 0 Å². The number of hydrogen-bond acceptors (Lipinski definition) is 2. The van der Waals surface area contributed by atoms with Crippen LogP contribution in [0, 0.1) is 6.92 Å². The monoisotopic (exact) mass is 462 g/mol. The molecule has 1 fully saturated rings. The summed E-state index contributed by atoms with van der Waals surface area (Å²) in [6.07, 6.45) is -4.60. The molecule has 32 heavy (non-hydrogen) atoms. The molecule has 8 heteroatoms. The molecule has 168 valence electrons. The molecule has 1 heterocycles. The fraction of sp³-hybridized carbons (Fsp3) is 0.208. The SMILES string of the molecule is Cc1ccc(N2C(=O)N(c3ccc(Cl)cc3)CC2C)cc1.FC(F)(F)Oc1ccccc1. The lowest BCUT2D eigenvalue weighted by molar-refractivity contribution is -0.274. The molecule has 2 amide bonds. The summed E-state index contributed by atoms with van der Waals surface area (Å²) in [7, 11) is 0. The van der Waals surface area contributed by atoms with Gasteiger partial charge in [0, 0.05) is 22.9 Å². The van der Waals surface area contributed by atoms with Gasteiger partial charge in [-0.15, -0.1) is 13.2 Å². The molecule has 4 nitrogen and oxygen atoms in total. The number of carbonyl (C=O) groups is 1. The van der Waals surface area contributed by atoms with Crippen LogP contribution in [0.4, 0.5) is 29.3 Å². The molecular formula is C24H22ClF3N2O2. The van der Waals surface area contributed by atoms with Gasteiger partial charge in [-0.05, 0) is 62.4 Å². The van der Waals surface area contributed by atoms with E-state index in [1.165, 1.54) is 29.8 Å². The number of aryl methyl sites for hydroxylation is 1. The van der Waals surface area contributed by atoms with E-state index in [4.69, 9.17) is 11.6 Å². The summed E-state index contributed by atoms with van der Waals surface area (Å²) in [5, 5.41) is 0.675. The molecule has 0 aromatic heterocycles. The molecular weight excluding hydrogens is 441 g/mol. The Bertz CT molecular complexity index is 1030. The van der Waals surface area contributed by atoms with E-state index in [0.717, 1.165) is 11.4 Å². The highest BCUT2D eigenvalue weighted by molar-refractivity contribution is 6.30. The van der Waals surface area contributed by atoms with E-state index in [1.807, 2.05) is 60.4 Å². The summed E-state index contributed by atoms with van der Waals surface area (Å²) >= 11 is 5.91. The Balaban J connectivity index is 0.000000222. The minimum Gasteiger partial charge on any atom is -0.406 e. The molecule has 0 spiro atoms. The molecule has 1 aliphatic heterocycles. The van der Waals surface area contributed by atoms with Gasteiger partial charge in [-0.25, -0.2) is 4.79 Å². The summed E-state index contributed by atoms with van der Waals surface area (Å²) in [6.45, 7) is 4.78. The highest BCUT2D eigenvalue weighted by atomic mass is 35.5. The third-order valence-corrected chi connectivity index (χ3v) is 5.00. The normalized spacial score (nSPS) is 15.9. The third-order valence-electron chi connectivity index (χ3n) is 4.75. The average Bonchev–Trinajstić information content (AvgIpc) is 3.03. The first-order valence-corrected chi connectivity index (χ1v) is 10.3. The largest absolute Gasteiger partial charge is 0.573 e. The second-order valence-electron chi connectivity index (χ2n) is 7.29. The quantitative estimate of drug-likeness (QED) is 0.417. The lowest BCUT2D eigenvalue weighted by Gasteiger charge is -2.21. The second-order valence-corrected chi connectivity index (χ2v) is 7.72. The van der Waals surface area contributed by atoms with E-state index in [0.29, 0.717) is 11.6 Å². The first-order chi connectivity index (χ1) is 15.1. The van der Waals surface area contributed by atoms with Gasteiger partial charge < -0.3 is 4.74 Å². The maximum atomic E-state index is 12.7. The summed E-state index contributed by atoms with van der Waals surface area (Å²) in [4.78, 5) is 16.3. The van der Waals surface area contributed by atoms with Gasteiger partial charge in [0.25, 0.3) is 0 Å². The van der Waals surface area contributed by atoms with E-state index >= 15 is 0 Å². The van der Waals surface area contributed by atoms with Crippen molar-refractivity contribution in [2.45, 2.75) is 26.3 Å². The van der Waals surface area contributed by atoms with Crippen LogP contribution in [0.5, 0.6) is 5.75 Å². The number of ether oxygens (including phenoxy) is 1. The maximum absolute atomic E-state index is 12.7. The molecule has 0 radical (unpaired) electrons. The van der Waals surface area contributed by atoms with E-state index in [2.05, 4.69) is 11.7 Å². The Morgan fingerprint density at radius 2 is 1.47 bits per heavy atom. The molecule has 4 rings (SSSR count). The average molecular weight is 463 g/mol. The predicted molar refractivity (Wildman–Crippen MR) is 120 cm³/mol. The Kier molecular flexibility index (Phi) is 7.30. The molecule has 0 N–H and O–H groups in total. The molecule has 0 saturated carbocycles. The number of alkyl halides is 3. The molecule has 1 saturated heterocycles. The maximum Gasteiger partial charge on any atom is 0.573 e. The van der Waals surface area contributed by atoms with Crippen LogP contribution in [0.1, 0.15) is 12.5 Å². The minimum absolute atomic E-state index is 0.00803. The van der Waals surface area contributed by atoms with E-state index < -0.39 is 6.36 Å². The van der Waals surface area contributed by atoms with Gasteiger partial charge in [0.1, 0.15) is 5.75 Å². The smallest absolute Gasteiger partial charge is 0.406 e. The van der Waals surface area contributed by atoms with Gasteiger partial charge >= 0.3 is 12.4 Å². The van der Waals surface area contributed by atoms with Crippen molar-refractivity contribution in [2.75, 3.05) is 16.3 Å². The molecule has 1 atom stereocenters. The van der Waals surface area contributed by atoms with Crippen molar-refractivity contribution < 1.29 is 22.7 Å². The van der Waals surface area contributed by atoms with Crippen LogP contribution in [0.3, 0.4) is 0 Å². The fourth-order valence-corrected chi connectivity index (χ4v) is 3.40. The van der Waals surface area contributed by atoms with Crippen LogP contribution < -0.4 is 14.5 Å². The molecule has 0 aliphatic carbocycles. The van der Waals surface area contributed by atoms with Crippen molar-refractivity contribution in [3.63, 3.8) is 0 Å². The van der Waals surface area contributed by atoms with Crippen LogP contribution in [-0.2, 0) is 0 Å². The third kappa shape index (κ3) is 6.17. The second kappa shape index (κ2) is 9.96. The Labute approximate surface area is 189 Å². The van der Waals surface area contributed by atoms with Gasteiger partial charge in [-0.3, -0.25) is 9.80 Å². The topological polar surface area (TPSA) is 32.8 Å². The summed E-state index contributed by atoms with van der Waals surface area (Å²) in [5.74, 6) is -0.194. The number of rotatable bonds is 3. The van der Waals surface area contributed by atoms with Gasteiger partial charge in [0.15, 0.2) is 0 Å². The van der Waals surface area contributed by atoms with Crippen molar-refractivity contribution in [2.24, 2.45) is 0 Å². The molecule has 3 aromatic rings. The molecule has 1 aliphatic rings. The molecule has 0 bridgehead atoms. The Hall–Kier alpha value is -3.19. The zero-order chi connectivity index (χ0) is 23.3. The highest BCUT2D eigenvalue weighted by Gasteiger charge is 2.36. The fourth-order valence-electron chi connectivity index (χ4n) is 3.27. The van der Waals surface area contributed by atoms with E-state index in [9.17, 15) is 18.0 Å². The lowest BCUT2D eigenvalue weighted by Crippen LogP contribution is -2.33. The summed E-state index contributed by atoms with van der Waals surface area (Å²) in [6, 6.07) is 22.6. The number of hydrogen-bond donors (Lipinski definition) is 0. The highest BCUT2D eigenvalue weighted by Crippen LogP contribution is 2.29. The number of carbonyl (C=O) groups excluding carboxylic acids is 1. The first kappa shape index (κ1) is 23.5. The Morgan fingerprint density at radius 3 is 2.03 bits per heavy atom. The number of nitrogens with zero attached hydrogens (tertiary/aromatic N) is 2. The van der Waals surface area contributed by atoms with Gasteiger partial charge in [-0.1, -0.05) is 47.5 Å². The number of para-hydroxylation sites is 1. The zero-order valence-corrected chi connectivity index (χ0v) is 18.3. The first-order valence-electron chi connectivity index (χ1n) is 9.88. The van der Waals surface area contributed by atoms with Crippen molar-refractivity contribution in [1.29, 1.82) is 0 Å². The number of amides is 2. The number of anilines is 2. The van der Waals surface area contributed by atoms with Crippen molar-refractivity contribution in [3.8, 4) is 5.75 Å². The number of urea groups is 1. The zero-order valence-electron chi connectivity index (χ0n) is 17.5. The summed E-state index contributed by atoms with van der Waals surface area (Å²) < 4.78 is 38.2. The van der Waals surface area contributed by atoms with Crippen LogP contribution in [-0.4, -0.2) is 25.0 Å². The van der Waals surface area contributed by atoms with Crippen molar-refractivity contribution in [1.82, 2.24) is 0 Å². The van der Waals surface area contributed by atoms with E-state index in [1.54, 1.807) is 11.0 Å². The van der Waals surface area contributed by atoms with Crippen LogP contribution in [0.25, 0.3) is 0 Å². The van der Waals surface area contributed by atoms with Crippen LogP contribution in [0.15, 0.2) is 78.9 Å². The van der Waals surface area contributed by atoms with Gasteiger partial charge in [0.2, 0.25) is 0 Å². The summed E-state index contributed by atoms with van der Waals surface area (Å²) in [5.41, 5.74) is 3.01.